The highest BCUT2D eigenvalue weighted by Crippen LogP contribution is 2.39. The standard InChI is InChI=1S/C33H53ClN4O2/c1-24(2)23-38-18-8-11-29(38)22-35-30(21-26-12-14-28(34)15-13-26)32(40)37-19-16-33(17-20-37,36-31(39)25(3)4)27-9-6-5-7-10-27/h12-15,24-25,27,29-30,35H,5-11,16-23H2,1-4H3,(H,36,39)/t29-,30-/m1/s1. The lowest BCUT2D eigenvalue weighted by Gasteiger charge is -2.49. The second-order valence-electron chi connectivity index (χ2n) is 13.4. The summed E-state index contributed by atoms with van der Waals surface area (Å²) in [5.41, 5.74) is 0.942. The van der Waals surface area contributed by atoms with Crippen LogP contribution in [0.1, 0.15) is 91.0 Å². The molecule has 1 aromatic rings. The van der Waals surface area contributed by atoms with Gasteiger partial charge in [0.2, 0.25) is 11.8 Å². The molecule has 0 radical (unpaired) electrons. The Morgan fingerprint density at radius 3 is 2.25 bits per heavy atom. The number of piperidine rings is 1. The van der Waals surface area contributed by atoms with Crippen molar-refractivity contribution in [1.82, 2.24) is 20.4 Å². The summed E-state index contributed by atoms with van der Waals surface area (Å²) in [5, 5.41) is 7.94. The number of hydrogen-bond acceptors (Lipinski definition) is 4. The molecule has 2 N–H and O–H groups in total. The first-order valence-corrected chi connectivity index (χ1v) is 16.4. The second-order valence-corrected chi connectivity index (χ2v) is 13.9. The van der Waals surface area contributed by atoms with Crippen molar-refractivity contribution in [2.45, 2.75) is 110 Å². The number of nitrogens with zero attached hydrogens (tertiary/aromatic N) is 2. The van der Waals surface area contributed by atoms with Gasteiger partial charge in [0.15, 0.2) is 0 Å². The summed E-state index contributed by atoms with van der Waals surface area (Å²) < 4.78 is 0. The van der Waals surface area contributed by atoms with Gasteiger partial charge in [-0.2, -0.15) is 0 Å². The predicted octanol–water partition coefficient (Wildman–Crippen LogP) is 5.67. The number of carbonyl (C=O) groups is 2. The molecule has 6 nitrogen and oxygen atoms in total. The maximum Gasteiger partial charge on any atom is 0.240 e. The van der Waals surface area contributed by atoms with Gasteiger partial charge in [0.25, 0.3) is 0 Å². The van der Waals surface area contributed by atoms with Crippen LogP contribution in [0.25, 0.3) is 0 Å². The SMILES string of the molecule is CC(C)CN1CCC[C@@H]1CN[C@H](Cc1ccc(Cl)cc1)C(=O)N1CCC(NC(=O)C(C)C)(C2CCCCC2)CC1. The predicted molar refractivity (Wildman–Crippen MR) is 164 cm³/mol. The number of amides is 2. The average molecular weight is 573 g/mol. The van der Waals surface area contributed by atoms with E-state index in [9.17, 15) is 9.59 Å². The summed E-state index contributed by atoms with van der Waals surface area (Å²) in [6, 6.07) is 8.12. The molecule has 224 valence electrons. The fourth-order valence-electron chi connectivity index (χ4n) is 7.24. The normalized spacial score (nSPS) is 23.1. The van der Waals surface area contributed by atoms with Crippen LogP contribution in [0, 0.1) is 17.8 Å². The molecular weight excluding hydrogens is 520 g/mol. The van der Waals surface area contributed by atoms with E-state index < -0.39 is 0 Å². The second kappa shape index (κ2) is 14.5. The molecule has 3 aliphatic rings. The minimum absolute atomic E-state index is 0.0288. The Labute approximate surface area is 248 Å². The molecule has 3 fully saturated rings. The molecule has 0 unspecified atom stereocenters. The summed E-state index contributed by atoms with van der Waals surface area (Å²) in [6.45, 7) is 13.0. The molecule has 40 heavy (non-hydrogen) atoms. The topological polar surface area (TPSA) is 64.7 Å². The molecule has 7 heteroatoms. The number of rotatable bonds is 11. The van der Waals surface area contributed by atoms with Crippen LogP contribution in [0.2, 0.25) is 5.02 Å². The fourth-order valence-corrected chi connectivity index (χ4v) is 7.37. The first kappa shape index (κ1) is 31.3. The van der Waals surface area contributed by atoms with E-state index in [1.54, 1.807) is 0 Å². The Bertz CT molecular complexity index is 952. The minimum atomic E-state index is -0.268. The average Bonchev–Trinajstić information content (AvgIpc) is 3.38. The van der Waals surface area contributed by atoms with Gasteiger partial charge in [0, 0.05) is 48.7 Å². The zero-order valence-corrected chi connectivity index (χ0v) is 26.1. The van der Waals surface area contributed by atoms with Gasteiger partial charge in [-0.05, 0) is 81.0 Å². The van der Waals surface area contributed by atoms with E-state index in [4.69, 9.17) is 11.6 Å². The van der Waals surface area contributed by atoms with Gasteiger partial charge in [-0.3, -0.25) is 14.5 Å². The molecule has 0 bridgehead atoms. The molecule has 0 aromatic heterocycles. The van der Waals surface area contributed by atoms with Crippen molar-refractivity contribution in [2.75, 3.05) is 32.7 Å². The first-order valence-electron chi connectivity index (χ1n) is 16.0. The molecule has 2 atom stereocenters. The lowest BCUT2D eigenvalue weighted by atomic mass is 9.69. The third-order valence-electron chi connectivity index (χ3n) is 9.60. The summed E-state index contributed by atoms with van der Waals surface area (Å²) in [6.07, 6.45) is 10.9. The van der Waals surface area contributed by atoms with Crippen molar-refractivity contribution < 1.29 is 9.59 Å². The first-order chi connectivity index (χ1) is 19.2. The van der Waals surface area contributed by atoms with Gasteiger partial charge >= 0.3 is 0 Å². The van der Waals surface area contributed by atoms with Crippen molar-refractivity contribution in [1.29, 1.82) is 0 Å². The fraction of sp³-hybridized carbons (Fsp3) is 0.758. The monoisotopic (exact) mass is 572 g/mol. The Morgan fingerprint density at radius 1 is 0.950 bits per heavy atom. The van der Waals surface area contributed by atoms with Crippen LogP contribution >= 0.6 is 11.6 Å². The van der Waals surface area contributed by atoms with Crippen LogP contribution < -0.4 is 10.6 Å². The Morgan fingerprint density at radius 2 is 1.62 bits per heavy atom. The smallest absolute Gasteiger partial charge is 0.240 e. The lowest BCUT2D eigenvalue weighted by molar-refractivity contribution is -0.136. The van der Waals surface area contributed by atoms with Gasteiger partial charge in [-0.15, -0.1) is 0 Å². The van der Waals surface area contributed by atoms with Crippen LogP contribution in [-0.2, 0) is 16.0 Å². The van der Waals surface area contributed by atoms with Gasteiger partial charge < -0.3 is 15.5 Å². The molecule has 1 aromatic carbocycles. The summed E-state index contributed by atoms with van der Waals surface area (Å²) in [7, 11) is 0. The van der Waals surface area contributed by atoms with Crippen LogP contribution in [0.5, 0.6) is 0 Å². The van der Waals surface area contributed by atoms with Crippen molar-refractivity contribution >= 4 is 23.4 Å². The van der Waals surface area contributed by atoms with Crippen molar-refractivity contribution in [3.8, 4) is 0 Å². The van der Waals surface area contributed by atoms with Crippen LogP contribution in [0.4, 0.5) is 0 Å². The highest BCUT2D eigenvalue weighted by Gasteiger charge is 2.44. The molecule has 1 saturated carbocycles. The van der Waals surface area contributed by atoms with Crippen molar-refractivity contribution in [2.24, 2.45) is 17.8 Å². The Kier molecular flexibility index (Phi) is 11.4. The van der Waals surface area contributed by atoms with Crippen LogP contribution in [0.3, 0.4) is 0 Å². The van der Waals surface area contributed by atoms with Crippen molar-refractivity contribution in [3.05, 3.63) is 34.9 Å². The zero-order valence-electron chi connectivity index (χ0n) is 25.4. The van der Waals surface area contributed by atoms with E-state index in [0.717, 1.165) is 38.0 Å². The number of hydrogen-bond donors (Lipinski definition) is 2. The maximum absolute atomic E-state index is 14.1. The molecular formula is C33H53ClN4O2. The molecule has 2 heterocycles. The lowest BCUT2D eigenvalue weighted by Crippen LogP contribution is -2.62. The van der Waals surface area contributed by atoms with Gasteiger partial charge in [-0.1, -0.05) is 70.7 Å². The Hall–Kier alpha value is -1.63. The molecule has 4 rings (SSSR count). The molecule has 2 saturated heterocycles. The van der Waals surface area contributed by atoms with E-state index in [1.807, 2.05) is 38.1 Å². The largest absolute Gasteiger partial charge is 0.350 e. The summed E-state index contributed by atoms with van der Waals surface area (Å²) >= 11 is 6.16. The van der Waals surface area contributed by atoms with E-state index >= 15 is 0 Å². The van der Waals surface area contributed by atoms with E-state index in [0.29, 0.717) is 42.4 Å². The summed E-state index contributed by atoms with van der Waals surface area (Å²) in [4.78, 5) is 31.6. The number of likely N-dealkylation sites (tertiary alicyclic amines) is 2. The number of carbonyl (C=O) groups excluding carboxylic acids is 2. The zero-order chi connectivity index (χ0) is 28.7. The third kappa shape index (κ3) is 8.23. The maximum atomic E-state index is 14.1. The molecule has 2 aliphatic heterocycles. The molecule has 0 spiro atoms. The van der Waals surface area contributed by atoms with Gasteiger partial charge in [0.1, 0.15) is 0 Å². The van der Waals surface area contributed by atoms with Gasteiger partial charge in [0.05, 0.1) is 6.04 Å². The number of nitrogens with one attached hydrogen (secondary N) is 2. The Balaban J connectivity index is 1.45. The van der Waals surface area contributed by atoms with E-state index in [2.05, 4.69) is 34.3 Å². The van der Waals surface area contributed by atoms with Crippen LogP contribution in [0.15, 0.2) is 24.3 Å². The van der Waals surface area contributed by atoms with Crippen molar-refractivity contribution in [3.63, 3.8) is 0 Å². The van der Waals surface area contributed by atoms with Crippen LogP contribution in [-0.4, -0.2) is 72.0 Å². The molecule has 1 aliphatic carbocycles. The number of halogens is 1. The van der Waals surface area contributed by atoms with E-state index in [-0.39, 0.29) is 29.3 Å². The highest BCUT2D eigenvalue weighted by atomic mass is 35.5. The highest BCUT2D eigenvalue weighted by molar-refractivity contribution is 6.30. The van der Waals surface area contributed by atoms with E-state index in [1.165, 1.54) is 44.9 Å². The molecule has 2 amide bonds. The minimum Gasteiger partial charge on any atom is -0.350 e. The summed E-state index contributed by atoms with van der Waals surface area (Å²) in [5.74, 6) is 1.46. The quantitative estimate of drug-likeness (QED) is 0.358. The number of benzene rings is 1. The van der Waals surface area contributed by atoms with Gasteiger partial charge in [-0.25, -0.2) is 0 Å². The third-order valence-corrected chi connectivity index (χ3v) is 9.85.